The summed E-state index contributed by atoms with van der Waals surface area (Å²) in [5.41, 5.74) is 7.61. The maximum atomic E-state index is 12.2. The maximum Gasteiger partial charge on any atom is 0.414 e. The zero-order chi connectivity index (χ0) is 16.0. The van der Waals surface area contributed by atoms with E-state index < -0.39 is 12.3 Å². The van der Waals surface area contributed by atoms with Gasteiger partial charge in [0.25, 0.3) is 0 Å². The second-order valence-corrected chi connectivity index (χ2v) is 4.78. The number of carbonyl (C=O) groups is 1. The van der Waals surface area contributed by atoms with Crippen molar-refractivity contribution in [2.45, 2.75) is 39.0 Å². The van der Waals surface area contributed by atoms with Crippen molar-refractivity contribution >= 4 is 17.3 Å². The van der Waals surface area contributed by atoms with Crippen LogP contribution in [0.5, 0.6) is 0 Å². The van der Waals surface area contributed by atoms with Gasteiger partial charge in [0.15, 0.2) is 6.10 Å². The van der Waals surface area contributed by atoms with Gasteiger partial charge < -0.3 is 15.8 Å². The zero-order valence-electron chi connectivity index (χ0n) is 12.0. The smallest absolute Gasteiger partial charge is 0.399 e. The molecule has 3 N–H and O–H groups in total. The van der Waals surface area contributed by atoms with Crippen molar-refractivity contribution in [1.29, 1.82) is 0 Å². The number of carbonyl (C=O) groups excluding carboxylic acids is 1. The highest BCUT2D eigenvalue weighted by molar-refractivity contribution is 5.91. The first-order valence-corrected chi connectivity index (χ1v) is 6.54. The lowest BCUT2D eigenvalue weighted by atomic mass is 10.1. The van der Waals surface area contributed by atoms with Crippen LogP contribution < -0.4 is 11.1 Å². The molecule has 1 unspecified atom stereocenters. The van der Waals surface area contributed by atoms with Gasteiger partial charge in [-0.2, -0.15) is 13.2 Å². The van der Waals surface area contributed by atoms with Crippen LogP contribution in [0.1, 0.15) is 25.3 Å². The van der Waals surface area contributed by atoms with Crippen LogP contribution in [0.25, 0.3) is 0 Å². The molecule has 0 aliphatic heterocycles. The van der Waals surface area contributed by atoms with Gasteiger partial charge in [0.05, 0.1) is 0 Å². The van der Waals surface area contributed by atoms with Gasteiger partial charge in [-0.25, -0.2) is 0 Å². The van der Waals surface area contributed by atoms with Crippen LogP contribution in [0.15, 0.2) is 18.2 Å². The molecule has 0 saturated carbocycles. The number of anilines is 2. The summed E-state index contributed by atoms with van der Waals surface area (Å²) in [5, 5.41) is 2.67. The van der Waals surface area contributed by atoms with Crippen molar-refractivity contribution < 1.29 is 22.7 Å². The number of amides is 1. The number of nitrogen functional groups attached to an aromatic ring is 1. The molecule has 0 aliphatic carbocycles. The molecule has 1 amide bonds. The number of rotatable bonds is 6. The van der Waals surface area contributed by atoms with Crippen molar-refractivity contribution in [2.75, 3.05) is 17.7 Å². The quantitative estimate of drug-likeness (QED) is 0.626. The third kappa shape index (κ3) is 6.03. The highest BCUT2D eigenvalue weighted by Crippen LogP contribution is 2.22. The predicted octanol–water partition coefficient (Wildman–Crippen LogP) is 3.26. The van der Waals surface area contributed by atoms with Crippen LogP contribution in [0.3, 0.4) is 0 Å². The van der Waals surface area contributed by atoms with Gasteiger partial charge in [-0.3, -0.25) is 4.79 Å². The molecule has 0 aromatic heterocycles. The molecule has 1 atom stereocenters. The van der Waals surface area contributed by atoms with Crippen LogP contribution in [0.4, 0.5) is 24.5 Å². The molecule has 0 radical (unpaired) electrons. The molecule has 7 heteroatoms. The Balaban J connectivity index is 2.33. The minimum atomic E-state index is -4.37. The molecule has 118 valence electrons. The largest absolute Gasteiger partial charge is 0.414 e. The molecule has 0 fully saturated rings. The summed E-state index contributed by atoms with van der Waals surface area (Å²) in [4.78, 5) is 11.7. The number of halogens is 3. The number of benzene rings is 1. The van der Waals surface area contributed by atoms with E-state index in [1.54, 1.807) is 18.2 Å². The SMILES string of the molecule is Cc1ccc(N)cc1NC(=O)CCCOC(C)C(F)(F)F. The lowest BCUT2D eigenvalue weighted by Crippen LogP contribution is -2.29. The summed E-state index contributed by atoms with van der Waals surface area (Å²) in [5.74, 6) is -0.285. The molecule has 0 heterocycles. The average molecular weight is 304 g/mol. The summed E-state index contributed by atoms with van der Waals surface area (Å²) >= 11 is 0. The van der Waals surface area contributed by atoms with Gasteiger partial charge in [0, 0.05) is 24.4 Å². The predicted molar refractivity (Wildman–Crippen MR) is 74.9 cm³/mol. The Kier molecular flexibility index (Phi) is 6.02. The van der Waals surface area contributed by atoms with Crippen LogP contribution in [0, 0.1) is 6.92 Å². The van der Waals surface area contributed by atoms with Crippen molar-refractivity contribution in [3.63, 3.8) is 0 Å². The molecule has 0 bridgehead atoms. The zero-order valence-corrected chi connectivity index (χ0v) is 12.0. The van der Waals surface area contributed by atoms with Crippen LogP contribution in [-0.2, 0) is 9.53 Å². The standard InChI is InChI=1S/C14H19F3N2O2/c1-9-5-6-11(18)8-12(9)19-13(20)4-3-7-21-10(2)14(15,16)17/h5-6,8,10H,3-4,7,18H2,1-2H3,(H,19,20). The Morgan fingerprint density at radius 3 is 2.71 bits per heavy atom. The van der Waals surface area contributed by atoms with Gasteiger partial charge >= 0.3 is 6.18 Å². The Bertz CT molecular complexity index is 490. The molecule has 0 spiro atoms. The third-order valence-electron chi connectivity index (χ3n) is 2.91. The van der Waals surface area contributed by atoms with E-state index in [2.05, 4.69) is 10.1 Å². The molecule has 0 saturated heterocycles. The topological polar surface area (TPSA) is 64.3 Å². The van der Waals surface area contributed by atoms with Gasteiger partial charge in [-0.1, -0.05) is 6.07 Å². The summed E-state index contributed by atoms with van der Waals surface area (Å²) in [7, 11) is 0. The van der Waals surface area contributed by atoms with E-state index in [9.17, 15) is 18.0 Å². The van der Waals surface area contributed by atoms with E-state index in [1.807, 2.05) is 6.92 Å². The highest BCUT2D eigenvalue weighted by atomic mass is 19.4. The first-order chi connectivity index (χ1) is 9.70. The van der Waals surface area contributed by atoms with Crippen LogP contribution in [-0.4, -0.2) is 24.8 Å². The number of hydrogen-bond donors (Lipinski definition) is 2. The fourth-order valence-electron chi connectivity index (χ4n) is 1.57. The fourth-order valence-corrected chi connectivity index (χ4v) is 1.57. The van der Waals surface area contributed by atoms with Gasteiger partial charge in [0.2, 0.25) is 5.91 Å². The van der Waals surface area contributed by atoms with E-state index in [0.717, 1.165) is 12.5 Å². The molecule has 0 aliphatic rings. The highest BCUT2D eigenvalue weighted by Gasteiger charge is 2.36. The Hall–Kier alpha value is -1.76. The summed E-state index contributed by atoms with van der Waals surface area (Å²) in [6.07, 6.45) is -5.90. The normalized spacial score (nSPS) is 13.0. The summed E-state index contributed by atoms with van der Waals surface area (Å²) < 4.78 is 41.2. The molecular weight excluding hydrogens is 285 g/mol. The second kappa shape index (κ2) is 7.31. The Morgan fingerprint density at radius 2 is 2.10 bits per heavy atom. The van der Waals surface area contributed by atoms with Crippen molar-refractivity contribution in [3.05, 3.63) is 23.8 Å². The van der Waals surface area contributed by atoms with E-state index >= 15 is 0 Å². The minimum Gasteiger partial charge on any atom is -0.399 e. The molecule has 1 rings (SSSR count). The number of nitrogens with one attached hydrogen (secondary N) is 1. The van der Waals surface area contributed by atoms with Crippen LogP contribution in [0.2, 0.25) is 0 Å². The average Bonchev–Trinajstić information content (AvgIpc) is 2.37. The number of alkyl halides is 3. The van der Waals surface area contributed by atoms with E-state index in [0.29, 0.717) is 11.4 Å². The van der Waals surface area contributed by atoms with Gasteiger partial charge in [-0.05, 0) is 38.0 Å². The van der Waals surface area contributed by atoms with Crippen molar-refractivity contribution in [1.82, 2.24) is 0 Å². The Morgan fingerprint density at radius 1 is 1.43 bits per heavy atom. The van der Waals surface area contributed by atoms with Gasteiger partial charge in [0.1, 0.15) is 0 Å². The minimum absolute atomic E-state index is 0.0822. The molecule has 4 nitrogen and oxygen atoms in total. The third-order valence-corrected chi connectivity index (χ3v) is 2.91. The number of hydrogen-bond acceptors (Lipinski definition) is 3. The van der Waals surface area contributed by atoms with Gasteiger partial charge in [-0.15, -0.1) is 0 Å². The van der Waals surface area contributed by atoms with Crippen molar-refractivity contribution in [3.8, 4) is 0 Å². The lowest BCUT2D eigenvalue weighted by molar-refractivity contribution is -0.214. The van der Waals surface area contributed by atoms with Crippen molar-refractivity contribution in [2.24, 2.45) is 0 Å². The number of ether oxygens (including phenoxy) is 1. The molecule has 1 aromatic rings. The summed E-state index contributed by atoms with van der Waals surface area (Å²) in [6, 6.07) is 5.13. The lowest BCUT2D eigenvalue weighted by Gasteiger charge is -2.16. The number of aryl methyl sites for hydroxylation is 1. The van der Waals surface area contributed by atoms with E-state index in [1.165, 1.54) is 0 Å². The summed E-state index contributed by atoms with van der Waals surface area (Å²) in [6.45, 7) is 2.64. The first kappa shape index (κ1) is 17.3. The fraction of sp³-hybridized carbons (Fsp3) is 0.500. The number of nitrogens with two attached hydrogens (primary N) is 1. The molecule has 1 aromatic carbocycles. The first-order valence-electron chi connectivity index (χ1n) is 6.54. The molecule has 21 heavy (non-hydrogen) atoms. The van der Waals surface area contributed by atoms with E-state index in [-0.39, 0.29) is 25.4 Å². The maximum absolute atomic E-state index is 12.2. The monoisotopic (exact) mass is 304 g/mol. The second-order valence-electron chi connectivity index (χ2n) is 4.78. The van der Waals surface area contributed by atoms with Crippen LogP contribution >= 0.6 is 0 Å². The molecular formula is C14H19F3N2O2. The Labute approximate surface area is 121 Å². The van der Waals surface area contributed by atoms with E-state index in [4.69, 9.17) is 5.73 Å².